The zero-order valence-electron chi connectivity index (χ0n) is 20.1. The maximum absolute atomic E-state index is 13.1. The summed E-state index contributed by atoms with van der Waals surface area (Å²) in [4.78, 5) is 27.7. The van der Waals surface area contributed by atoms with Crippen LogP contribution in [0.25, 0.3) is 5.69 Å². The van der Waals surface area contributed by atoms with Crippen molar-refractivity contribution in [2.24, 2.45) is 0 Å². The van der Waals surface area contributed by atoms with Crippen molar-refractivity contribution >= 4 is 17.6 Å². The Kier molecular flexibility index (Phi) is 7.21. The molecule has 0 bridgehead atoms. The molecule has 3 aromatic rings. The van der Waals surface area contributed by atoms with Gasteiger partial charge in [0, 0.05) is 23.1 Å². The van der Waals surface area contributed by atoms with Crippen molar-refractivity contribution in [3.05, 3.63) is 71.9 Å². The van der Waals surface area contributed by atoms with Crippen molar-refractivity contribution in [1.82, 2.24) is 14.7 Å². The molecule has 0 aliphatic rings. The molecule has 1 heterocycles. The van der Waals surface area contributed by atoms with Gasteiger partial charge in [-0.3, -0.25) is 9.59 Å². The quantitative estimate of drug-likeness (QED) is 0.570. The minimum Gasteiger partial charge on any atom is -0.497 e. The van der Waals surface area contributed by atoms with Gasteiger partial charge in [0.05, 0.1) is 18.5 Å². The Labute approximate surface area is 195 Å². The van der Waals surface area contributed by atoms with Gasteiger partial charge in [0.25, 0.3) is 5.91 Å². The standard InChI is InChI=1S/C26H32N4O3/c1-18(2)29(25(32)19-12-14-21(33-6)15-13-19)17-24(31)27-23-16-22(26(3,4)5)28-30(23)20-10-8-7-9-11-20/h7-16,18H,17H2,1-6H3,(H,27,31). The summed E-state index contributed by atoms with van der Waals surface area (Å²) in [5.74, 6) is 0.735. The van der Waals surface area contributed by atoms with Crippen LogP contribution in [0.4, 0.5) is 5.82 Å². The molecule has 2 amide bonds. The van der Waals surface area contributed by atoms with Crippen LogP contribution < -0.4 is 10.1 Å². The zero-order chi connectivity index (χ0) is 24.2. The monoisotopic (exact) mass is 448 g/mol. The van der Waals surface area contributed by atoms with E-state index in [0.29, 0.717) is 17.1 Å². The van der Waals surface area contributed by atoms with E-state index < -0.39 is 0 Å². The van der Waals surface area contributed by atoms with Gasteiger partial charge >= 0.3 is 0 Å². The Morgan fingerprint density at radius 1 is 1.06 bits per heavy atom. The first-order chi connectivity index (χ1) is 15.6. The number of nitrogens with one attached hydrogen (secondary N) is 1. The van der Waals surface area contributed by atoms with Crippen LogP contribution in [-0.2, 0) is 10.2 Å². The molecule has 0 atom stereocenters. The molecular formula is C26H32N4O3. The highest BCUT2D eigenvalue weighted by Gasteiger charge is 2.24. The van der Waals surface area contributed by atoms with Crippen LogP contribution in [0.5, 0.6) is 5.75 Å². The number of benzene rings is 2. The predicted octanol–water partition coefficient (Wildman–Crippen LogP) is 4.67. The number of nitrogens with zero attached hydrogens (tertiary/aromatic N) is 3. The molecule has 0 unspecified atom stereocenters. The van der Waals surface area contributed by atoms with Gasteiger partial charge in [0.15, 0.2) is 0 Å². The number of methoxy groups -OCH3 is 1. The summed E-state index contributed by atoms with van der Waals surface area (Å²) in [6.07, 6.45) is 0. The van der Waals surface area contributed by atoms with E-state index in [4.69, 9.17) is 9.84 Å². The van der Waals surface area contributed by atoms with Gasteiger partial charge in [0.2, 0.25) is 5.91 Å². The van der Waals surface area contributed by atoms with E-state index in [1.807, 2.05) is 50.2 Å². The lowest BCUT2D eigenvalue weighted by Crippen LogP contribution is -2.42. The number of carbonyl (C=O) groups is 2. The highest BCUT2D eigenvalue weighted by molar-refractivity contribution is 5.99. The topological polar surface area (TPSA) is 76.5 Å². The van der Waals surface area contributed by atoms with Gasteiger partial charge in [-0.05, 0) is 50.2 Å². The molecule has 1 aromatic heterocycles. The molecular weight excluding hydrogens is 416 g/mol. The smallest absolute Gasteiger partial charge is 0.254 e. The fourth-order valence-corrected chi connectivity index (χ4v) is 3.33. The van der Waals surface area contributed by atoms with Crippen molar-refractivity contribution in [1.29, 1.82) is 0 Å². The molecule has 0 aliphatic heterocycles. The lowest BCUT2D eigenvalue weighted by atomic mass is 9.92. The molecule has 0 saturated heterocycles. The van der Waals surface area contributed by atoms with Crippen molar-refractivity contribution in [2.45, 2.75) is 46.1 Å². The number of carbonyl (C=O) groups excluding carboxylic acids is 2. The lowest BCUT2D eigenvalue weighted by Gasteiger charge is -2.26. The minimum atomic E-state index is -0.289. The Morgan fingerprint density at radius 3 is 2.24 bits per heavy atom. The molecule has 0 aliphatic carbocycles. The largest absolute Gasteiger partial charge is 0.497 e. The van der Waals surface area contributed by atoms with E-state index in [1.165, 1.54) is 0 Å². The third-order valence-corrected chi connectivity index (χ3v) is 5.28. The van der Waals surface area contributed by atoms with Gasteiger partial charge in [-0.25, -0.2) is 4.68 Å². The number of hydrogen-bond acceptors (Lipinski definition) is 4. The number of amides is 2. The highest BCUT2D eigenvalue weighted by atomic mass is 16.5. The SMILES string of the molecule is COc1ccc(C(=O)N(CC(=O)Nc2cc(C(C)(C)C)nn2-c2ccccc2)C(C)C)cc1. The summed E-state index contributed by atoms with van der Waals surface area (Å²) in [6, 6.07) is 18.2. The van der Waals surface area contributed by atoms with E-state index in [1.54, 1.807) is 41.0 Å². The molecule has 0 saturated carbocycles. The third-order valence-electron chi connectivity index (χ3n) is 5.28. The maximum Gasteiger partial charge on any atom is 0.254 e. The van der Waals surface area contributed by atoms with Crippen molar-refractivity contribution in [3.8, 4) is 11.4 Å². The average Bonchev–Trinajstić information content (AvgIpc) is 3.21. The first-order valence-corrected chi connectivity index (χ1v) is 11.0. The molecule has 7 nitrogen and oxygen atoms in total. The third kappa shape index (κ3) is 5.80. The van der Waals surface area contributed by atoms with Crippen molar-refractivity contribution < 1.29 is 14.3 Å². The van der Waals surface area contributed by atoms with E-state index in [2.05, 4.69) is 26.1 Å². The number of ether oxygens (including phenoxy) is 1. The number of aromatic nitrogens is 2. The second kappa shape index (κ2) is 9.90. The first-order valence-electron chi connectivity index (χ1n) is 11.0. The predicted molar refractivity (Wildman–Crippen MR) is 130 cm³/mol. The van der Waals surface area contributed by atoms with Crippen LogP contribution >= 0.6 is 0 Å². The average molecular weight is 449 g/mol. The second-order valence-electron chi connectivity index (χ2n) is 9.22. The molecule has 0 radical (unpaired) electrons. The molecule has 1 N–H and O–H groups in total. The normalized spacial score (nSPS) is 11.4. The minimum absolute atomic E-state index is 0.0760. The van der Waals surface area contributed by atoms with E-state index in [9.17, 15) is 9.59 Å². The summed E-state index contributed by atoms with van der Waals surface area (Å²) in [5.41, 5.74) is 2.02. The van der Waals surface area contributed by atoms with Crippen LogP contribution in [0.1, 0.15) is 50.7 Å². The van der Waals surface area contributed by atoms with Crippen molar-refractivity contribution in [3.63, 3.8) is 0 Å². The van der Waals surface area contributed by atoms with E-state index in [0.717, 1.165) is 11.4 Å². The zero-order valence-corrected chi connectivity index (χ0v) is 20.1. The van der Waals surface area contributed by atoms with Crippen LogP contribution in [0, 0.1) is 0 Å². The highest BCUT2D eigenvalue weighted by Crippen LogP contribution is 2.26. The fraction of sp³-hybridized carbons (Fsp3) is 0.346. The summed E-state index contributed by atoms with van der Waals surface area (Å²) in [6.45, 7) is 9.92. The summed E-state index contributed by atoms with van der Waals surface area (Å²) in [7, 11) is 1.58. The molecule has 3 rings (SSSR count). The molecule has 33 heavy (non-hydrogen) atoms. The van der Waals surface area contributed by atoms with Crippen LogP contribution in [0.15, 0.2) is 60.7 Å². The molecule has 174 valence electrons. The van der Waals surface area contributed by atoms with Gasteiger partial charge in [0.1, 0.15) is 18.1 Å². The molecule has 2 aromatic carbocycles. The second-order valence-corrected chi connectivity index (χ2v) is 9.22. The van der Waals surface area contributed by atoms with E-state index in [-0.39, 0.29) is 29.8 Å². The summed E-state index contributed by atoms with van der Waals surface area (Å²) < 4.78 is 6.89. The Hall–Kier alpha value is -3.61. The van der Waals surface area contributed by atoms with Gasteiger partial charge < -0.3 is 15.0 Å². The molecule has 0 fully saturated rings. The van der Waals surface area contributed by atoms with Crippen LogP contribution in [-0.4, -0.2) is 46.2 Å². The number of para-hydroxylation sites is 1. The van der Waals surface area contributed by atoms with E-state index >= 15 is 0 Å². The molecule has 0 spiro atoms. The number of hydrogen-bond donors (Lipinski definition) is 1. The van der Waals surface area contributed by atoms with Gasteiger partial charge in [-0.1, -0.05) is 39.0 Å². The Bertz CT molecular complexity index is 1100. The number of rotatable bonds is 7. The fourth-order valence-electron chi connectivity index (χ4n) is 3.33. The Morgan fingerprint density at radius 2 is 1.70 bits per heavy atom. The summed E-state index contributed by atoms with van der Waals surface area (Å²) >= 11 is 0. The number of anilines is 1. The Balaban J connectivity index is 1.83. The maximum atomic E-state index is 13.1. The van der Waals surface area contributed by atoms with Crippen molar-refractivity contribution in [2.75, 3.05) is 19.0 Å². The van der Waals surface area contributed by atoms with Gasteiger partial charge in [-0.2, -0.15) is 5.10 Å². The lowest BCUT2D eigenvalue weighted by molar-refractivity contribution is -0.117. The summed E-state index contributed by atoms with van der Waals surface area (Å²) in [5, 5.41) is 7.69. The molecule has 7 heteroatoms. The van der Waals surface area contributed by atoms with Gasteiger partial charge in [-0.15, -0.1) is 0 Å². The van der Waals surface area contributed by atoms with Crippen LogP contribution in [0.3, 0.4) is 0 Å². The van der Waals surface area contributed by atoms with Crippen LogP contribution in [0.2, 0.25) is 0 Å². The first kappa shape index (κ1) is 24.0.